The highest BCUT2D eigenvalue weighted by atomic mass is 32.1. The second kappa shape index (κ2) is 6.70. The molecule has 0 bridgehead atoms. The Morgan fingerprint density at radius 2 is 2.04 bits per heavy atom. The Morgan fingerprint density at radius 1 is 1.07 bits per heavy atom. The van der Waals surface area contributed by atoms with Crippen LogP contribution in [0, 0.1) is 0 Å². The number of aromatic nitrogens is 3. The van der Waals surface area contributed by atoms with Crippen molar-refractivity contribution in [2.45, 2.75) is 12.6 Å². The first-order valence-electron chi connectivity index (χ1n) is 8.93. The first kappa shape index (κ1) is 16.3. The number of rotatable bonds is 3. The van der Waals surface area contributed by atoms with E-state index in [9.17, 15) is 4.39 Å². The van der Waals surface area contributed by atoms with E-state index in [0.29, 0.717) is 13.0 Å². The second-order valence-electron chi connectivity index (χ2n) is 6.67. The molecule has 4 aromatic rings. The Kier molecular flexibility index (Phi) is 4.05. The first-order chi connectivity index (χ1) is 13.3. The molecule has 4 aromatic heterocycles. The maximum absolute atomic E-state index is 13.4. The van der Waals surface area contributed by atoms with Crippen molar-refractivity contribution in [2.24, 2.45) is 0 Å². The SMILES string of the molecule is F[C@@H]1CCN(c2ccc(-c3cc4nc(-c5cccnc5)ccc4s3)cn2)C1. The monoisotopic (exact) mass is 376 g/mol. The summed E-state index contributed by atoms with van der Waals surface area (Å²) < 4.78 is 14.5. The van der Waals surface area contributed by atoms with Crippen LogP contribution in [0.1, 0.15) is 6.42 Å². The van der Waals surface area contributed by atoms with E-state index in [4.69, 9.17) is 4.98 Å². The van der Waals surface area contributed by atoms with Crippen LogP contribution in [0.15, 0.2) is 61.1 Å². The van der Waals surface area contributed by atoms with E-state index in [-0.39, 0.29) is 0 Å². The van der Waals surface area contributed by atoms with E-state index in [1.807, 2.05) is 41.6 Å². The number of nitrogens with zero attached hydrogens (tertiary/aromatic N) is 4. The van der Waals surface area contributed by atoms with Gasteiger partial charge in [0.15, 0.2) is 0 Å². The molecule has 27 heavy (non-hydrogen) atoms. The van der Waals surface area contributed by atoms with Crippen molar-refractivity contribution >= 4 is 27.4 Å². The van der Waals surface area contributed by atoms with Crippen LogP contribution in [0.3, 0.4) is 0 Å². The van der Waals surface area contributed by atoms with Gasteiger partial charge in [0.1, 0.15) is 12.0 Å². The molecule has 5 heterocycles. The van der Waals surface area contributed by atoms with Crippen molar-refractivity contribution in [3.63, 3.8) is 0 Å². The molecule has 0 aliphatic carbocycles. The number of hydrogen-bond donors (Lipinski definition) is 0. The van der Waals surface area contributed by atoms with Crippen LogP contribution in [-0.4, -0.2) is 34.2 Å². The van der Waals surface area contributed by atoms with Crippen molar-refractivity contribution in [3.05, 3.63) is 61.1 Å². The maximum atomic E-state index is 13.4. The molecule has 0 saturated carbocycles. The molecule has 6 heteroatoms. The summed E-state index contributed by atoms with van der Waals surface area (Å²) in [5.74, 6) is 0.844. The van der Waals surface area contributed by atoms with Crippen molar-refractivity contribution in [2.75, 3.05) is 18.0 Å². The highest BCUT2D eigenvalue weighted by Gasteiger charge is 2.22. The van der Waals surface area contributed by atoms with Gasteiger partial charge in [-0.25, -0.2) is 14.4 Å². The highest BCUT2D eigenvalue weighted by Crippen LogP contribution is 2.34. The first-order valence-corrected chi connectivity index (χ1v) is 9.74. The molecule has 0 spiro atoms. The van der Waals surface area contributed by atoms with Crippen LogP contribution in [0.2, 0.25) is 0 Å². The predicted molar refractivity (Wildman–Crippen MR) is 108 cm³/mol. The summed E-state index contributed by atoms with van der Waals surface area (Å²) >= 11 is 1.70. The number of pyridine rings is 3. The van der Waals surface area contributed by atoms with Crippen LogP contribution in [-0.2, 0) is 0 Å². The standard InChI is InChI=1S/C21H17FN4S/c22-16-7-9-26(13-16)21-6-3-15(12-24-21)20-10-18-19(27-20)5-4-17(25-18)14-2-1-8-23-11-14/h1-6,8,10-12,16H,7,9,13H2/t16-/m1/s1. The van der Waals surface area contributed by atoms with Crippen LogP contribution in [0.4, 0.5) is 10.2 Å². The number of alkyl halides is 1. The minimum Gasteiger partial charge on any atom is -0.354 e. The summed E-state index contributed by atoms with van der Waals surface area (Å²) in [4.78, 5) is 16.6. The molecule has 0 N–H and O–H groups in total. The highest BCUT2D eigenvalue weighted by molar-refractivity contribution is 7.22. The normalized spacial score (nSPS) is 16.9. The lowest BCUT2D eigenvalue weighted by Gasteiger charge is -2.16. The Hall–Kier alpha value is -2.86. The topological polar surface area (TPSA) is 41.9 Å². The number of anilines is 1. The molecule has 1 atom stereocenters. The molecule has 1 aliphatic heterocycles. The molecule has 5 rings (SSSR count). The average molecular weight is 376 g/mol. The van der Waals surface area contributed by atoms with Crippen LogP contribution >= 0.6 is 11.3 Å². The number of hydrogen-bond acceptors (Lipinski definition) is 5. The Balaban J connectivity index is 1.45. The maximum Gasteiger partial charge on any atom is 0.128 e. The van der Waals surface area contributed by atoms with Crippen molar-refractivity contribution < 1.29 is 4.39 Å². The largest absolute Gasteiger partial charge is 0.354 e. The Bertz CT molecular complexity index is 1080. The zero-order valence-corrected chi connectivity index (χ0v) is 15.4. The fourth-order valence-corrected chi connectivity index (χ4v) is 4.38. The molecule has 0 unspecified atom stereocenters. The van der Waals surface area contributed by atoms with E-state index in [2.05, 4.69) is 28.2 Å². The molecule has 4 nitrogen and oxygen atoms in total. The Morgan fingerprint density at radius 3 is 2.78 bits per heavy atom. The van der Waals surface area contributed by atoms with Gasteiger partial charge in [-0.3, -0.25) is 4.98 Å². The quantitative estimate of drug-likeness (QED) is 0.506. The number of fused-ring (bicyclic) bond motifs is 1. The third kappa shape index (κ3) is 3.17. The van der Waals surface area contributed by atoms with Gasteiger partial charge in [0.2, 0.25) is 0 Å². The van der Waals surface area contributed by atoms with Gasteiger partial charge in [-0.1, -0.05) is 0 Å². The van der Waals surface area contributed by atoms with Crippen LogP contribution in [0.5, 0.6) is 0 Å². The Labute approximate surface area is 160 Å². The van der Waals surface area contributed by atoms with Gasteiger partial charge in [-0.15, -0.1) is 11.3 Å². The molecule has 0 radical (unpaired) electrons. The van der Waals surface area contributed by atoms with Gasteiger partial charge >= 0.3 is 0 Å². The average Bonchev–Trinajstić information content (AvgIpc) is 3.34. The number of halogens is 1. The van der Waals surface area contributed by atoms with Gasteiger partial charge in [-0.05, 0) is 48.9 Å². The zero-order chi connectivity index (χ0) is 18.2. The van der Waals surface area contributed by atoms with Gasteiger partial charge in [0.25, 0.3) is 0 Å². The summed E-state index contributed by atoms with van der Waals surface area (Å²) in [6, 6.07) is 14.2. The molecule has 1 aliphatic rings. The van der Waals surface area contributed by atoms with E-state index < -0.39 is 6.17 Å². The van der Waals surface area contributed by atoms with Crippen molar-refractivity contribution in [3.8, 4) is 21.7 Å². The van der Waals surface area contributed by atoms with E-state index in [0.717, 1.165) is 44.3 Å². The van der Waals surface area contributed by atoms with Gasteiger partial charge in [0, 0.05) is 41.1 Å². The summed E-state index contributed by atoms with van der Waals surface area (Å²) in [5.41, 5.74) is 3.96. The van der Waals surface area contributed by atoms with E-state index in [1.165, 1.54) is 0 Å². The molecule has 1 fully saturated rings. The fraction of sp³-hybridized carbons (Fsp3) is 0.190. The van der Waals surface area contributed by atoms with Crippen molar-refractivity contribution in [1.82, 2.24) is 15.0 Å². The third-order valence-corrected chi connectivity index (χ3v) is 5.96. The molecular weight excluding hydrogens is 359 g/mol. The lowest BCUT2D eigenvalue weighted by molar-refractivity contribution is 0.364. The lowest BCUT2D eigenvalue weighted by Crippen LogP contribution is -2.20. The summed E-state index contributed by atoms with van der Waals surface area (Å²) in [6.45, 7) is 1.17. The zero-order valence-electron chi connectivity index (χ0n) is 14.5. The van der Waals surface area contributed by atoms with E-state index in [1.54, 1.807) is 17.5 Å². The molecular formula is C21H17FN4S. The summed E-state index contributed by atoms with van der Waals surface area (Å²) in [7, 11) is 0. The summed E-state index contributed by atoms with van der Waals surface area (Å²) in [6.07, 6.45) is 5.30. The van der Waals surface area contributed by atoms with Crippen molar-refractivity contribution in [1.29, 1.82) is 0 Å². The predicted octanol–water partition coefficient (Wildman–Crippen LogP) is 4.97. The molecule has 0 amide bonds. The fourth-order valence-electron chi connectivity index (χ4n) is 3.39. The molecule has 0 aromatic carbocycles. The summed E-state index contributed by atoms with van der Waals surface area (Å²) in [5, 5.41) is 0. The smallest absolute Gasteiger partial charge is 0.128 e. The molecule has 1 saturated heterocycles. The minimum absolute atomic E-state index is 0.441. The van der Waals surface area contributed by atoms with Crippen LogP contribution < -0.4 is 4.90 Å². The number of thiophene rings is 1. The van der Waals surface area contributed by atoms with Crippen LogP contribution in [0.25, 0.3) is 31.9 Å². The molecule has 134 valence electrons. The van der Waals surface area contributed by atoms with Gasteiger partial charge in [0.05, 0.1) is 22.5 Å². The van der Waals surface area contributed by atoms with Gasteiger partial charge < -0.3 is 4.90 Å². The minimum atomic E-state index is -0.742. The second-order valence-corrected chi connectivity index (χ2v) is 7.75. The third-order valence-electron chi connectivity index (χ3n) is 4.82. The lowest BCUT2D eigenvalue weighted by atomic mass is 10.2. The van der Waals surface area contributed by atoms with Gasteiger partial charge in [-0.2, -0.15) is 0 Å². The van der Waals surface area contributed by atoms with E-state index >= 15 is 0 Å².